The van der Waals surface area contributed by atoms with Gasteiger partial charge in [-0.05, 0) is 26.8 Å². The van der Waals surface area contributed by atoms with Crippen LogP contribution in [0, 0.1) is 6.92 Å². The molecule has 0 atom stereocenters. The molecule has 0 aliphatic heterocycles. The third kappa shape index (κ3) is 4.51. The van der Waals surface area contributed by atoms with Crippen LogP contribution >= 0.6 is 0 Å². The van der Waals surface area contributed by atoms with Crippen molar-refractivity contribution in [2.24, 2.45) is 0 Å². The number of H-pyrrole nitrogens is 1. The van der Waals surface area contributed by atoms with Gasteiger partial charge in [-0.15, -0.1) is 0 Å². The van der Waals surface area contributed by atoms with E-state index < -0.39 is 12.0 Å². The number of aryl methyl sites for hydroxylation is 1. The predicted octanol–water partition coefficient (Wildman–Crippen LogP) is 1.01. The summed E-state index contributed by atoms with van der Waals surface area (Å²) in [4.78, 5) is 38.6. The zero-order valence-corrected chi connectivity index (χ0v) is 12.3. The van der Waals surface area contributed by atoms with Crippen molar-refractivity contribution in [3.8, 4) is 0 Å². The molecule has 1 rings (SSSR count). The van der Waals surface area contributed by atoms with Gasteiger partial charge >= 0.3 is 12.0 Å². The Kier molecular flexibility index (Phi) is 5.77. The summed E-state index contributed by atoms with van der Waals surface area (Å²) in [5, 5.41) is 14.2. The number of aromatic amines is 1. The van der Waals surface area contributed by atoms with E-state index in [2.05, 4.69) is 15.6 Å². The molecule has 0 aliphatic carbocycles. The van der Waals surface area contributed by atoms with Crippen LogP contribution in [0.2, 0.25) is 0 Å². The Morgan fingerprint density at radius 1 is 1.33 bits per heavy atom. The van der Waals surface area contributed by atoms with Crippen LogP contribution in [0.3, 0.4) is 0 Å². The highest BCUT2D eigenvalue weighted by atomic mass is 16.4. The quantitative estimate of drug-likeness (QED) is 0.627. The number of aromatic carboxylic acids is 1. The van der Waals surface area contributed by atoms with E-state index in [-0.39, 0.29) is 23.8 Å². The molecule has 0 radical (unpaired) electrons. The first-order valence-electron chi connectivity index (χ1n) is 6.64. The highest BCUT2D eigenvalue weighted by molar-refractivity contribution is 5.99. The molecule has 0 unspecified atom stereocenters. The van der Waals surface area contributed by atoms with Crippen molar-refractivity contribution >= 4 is 23.6 Å². The number of hydrogen-bond acceptors (Lipinski definition) is 3. The first kappa shape index (κ1) is 16.5. The van der Waals surface area contributed by atoms with Crippen LogP contribution in [0.15, 0.2) is 6.07 Å². The number of carboxylic acids is 1. The molecule has 0 fully saturated rings. The molecule has 0 aliphatic rings. The van der Waals surface area contributed by atoms with Crippen LogP contribution in [0.25, 0.3) is 0 Å². The minimum absolute atomic E-state index is 0.0814. The Balaban J connectivity index is 2.79. The summed E-state index contributed by atoms with van der Waals surface area (Å²) in [7, 11) is 0. The average Bonchev–Trinajstić information content (AvgIpc) is 2.77. The van der Waals surface area contributed by atoms with Crippen molar-refractivity contribution in [2.45, 2.75) is 20.8 Å². The zero-order chi connectivity index (χ0) is 16.0. The molecule has 0 spiro atoms. The number of carbonyl (C=O) groups excluding carboxylic acids is 2. The fraction of sp³-hybridized carbons (Fsp3) is 0.462. The maximum absolute atomic E-state index is 12.1. The maximum Gasteiger partial charge on any atom is 0.354 e. The van der Waals surface area contributed by atoms with Gasteiger partial charge in [-0.2, -0.15) is 0 Å². The van der Waals surface area contributed by atoms with Gasteiger partial charge in [0.05, 0.1) is 5.69 Å². The van der Waals surface area contributed by atoms with E-state index in [1.165, 1.54) is 11.0 Å². The topological polar surface area (TPSA) is 115 Å². The number of carbonyl (C=O) groups is 3. The molecule has 0 saturated carbocycles. The van der Waals surface area contributed by atoms with Gasteiger partial charge in [0.25, 0.3) is 0 Å². The van der Waals surface area contributed by atoms with Gasteiger partial charge in [0.2, 0.25) is 5.91 Å². The van der Waals surface area contributed by atoms with E-state index in [0.29, 0.717) is 18.8 Å². The molecule has 116 valence electrons. The molecular formula is C13H20N4O4. The third-order valence-electron chi connectivity index (χ3n) is 2.79. The number of aromatic nitrogens is 1. The monoisotopic (exact) mass is 296 g/mol. The number of anilines is 1. The Morgan fingerprint density at radius 2 is 2.00 bits per heavy atom. The Labute approximate surface area is 122 Å². The van der Waals surface area contributed by atoms with Crippen LogP contribution in [-0.4, -0.2) is 52.5 Å². The van der Waals surface area contributed by atoms with Crippen LogP contribution in [0.5, 0.6) is 0 Å². The number of carboxylic acid groups (broad SMARTS) is 1. The van der Waals surface area contributed by atoms with Crippen molar-refractivity contribution in [2.75, 3.05) is 25.0 Å². The van der Waals surface area contributed by atoms with Gasteiger partial charge in [0, 0.05) is 18.8 Å². The van der Waals surface area contributed by atoms with Crippen molar-refractivity contribution < 1.29 is 19.5 Å². The van der Waals surface area contributed by atoms with Gasteiger partial charge in [-0.25, -0.2) is 9.59 Å². The van der Waals surface area contributed by atoms with Gasteiger partial charge in [-0.3, -0.25) is 4.79 Å². The SMILES string of the molecule is CCNC(=O)CN(CC)C(=O)Nc1cc(C)[nH]c1C(=O)O. The minimum Gasteiger partial charge on any atom is -0.477 e. The molecule has 4 N–H and O–H groups in total. The number of hydrogen-bond donors (Lipinski definition) is 4. The van der Waals surface area contributed by atoms with E-state index >= 15 is 0 Å². The molecule has 21 heavy (non-hydrogen) atoms. The highest BCUT2D eigenvalue weighted by Crippen LogP contribution is 2.17. The molecule has 0 saturated heterocycles. The fourth-order valence-corrected chi connectivity index (χ4v) is 1.80. The zero-order valence-electron chi connectivity index (χ0n) is 12.3. The standard InChI is InChI=1S/C13H20N4O4/c1-4-14-10(18)7-17(5-2)13(21)16-9-6-8(3)15-11(9)12(19)20/h6,15H,4-5,7H2,1-3H3,(H,14,18)(H,16,21)(H,19,20). The molecule has 0 bridgehead atoms. The molecule has 0 aromatic carbocycles. The van der Waals surface area contributed by atoms with Gasteiger partial charge in [0.15, 0.2) is 0 Å². The lowest BCUT2D eigenvalue weighted by Crippen LogP contribution is -2.42. The van der Waals surface area contributed by atoms with E-state index in [4.69, 9.17) is 5.11 Å². The summed E-state index contributed by atoms with van der Waals surface area (Å²) >= 11 is 0. The second-order valence-corrected chi connectivity index (χ2v) is 4.44. The number of nitrogens with one attached hydrogen (secondary N) is 3. The summed E-state index contributed by atoms with van der Waals surface area (Å²) in [6, 6.07) is 1.01. The number of urea groups is 1. The lowest BCUT2D eigenvalue weighted by atomic mass is 10.3. The van der Waals surface area contributed by atoms with E-state index in [1.54, 1.807) is 20.8 Å². The summed E-state index contributed by atoms with van der Waals surface area (Å²) in [6.07, 6.45) is 0. The van der Waals surface area contributed by atoms with E-state index in [9.17, 15) is 14.4 Å². The smallest absolute Gasteiger partial charge is 0.354 e. The molecule has 1 aromatic heterocycles. The van der Waals surface area contributed by atoms with Crippen LogP contribution in [0.4, 0.5) is 10.5 Å². The summed E-state index contributed by atoms with van der Waals surface area (Å²) in [6.45, 7) is 5.94. The molecule has 1 aromatic rings. The van der Waals surface area contributed by atoms with Crippen LogP contribution in [0.1, 0.15) is 30.0 Å². The Morgan fingerprint density at radius 3 is 2.52 bits per heavy atom. The van der Waals surface area contributed by atoms with Crippen molar-refractivity contribution in [1.29, 1.82) is 0 Å². The van der Waals surface area contributed by atoms with Crippen molar-refractivity contribution in [3.63, 3.8) is 0 Å². The third-order valence-corrected chi connectivity index (χ3v) is 2.79. The molecular weight excluding hydrogens is 276 g/mol. The van der Waals surface area contributed by atoms with E-state index in [1.807, 2.05) is 0 Å². The number of likely N-dealkylation sites (N-methyl/N-ethyl adjacent to an activating group) is 2. The summed E-state index contributed by atoms with van der Waals surface area (Å²) in [5.74, 6) is -1.43. The number of amides is 3. The number of nitrogens with zero attached hydrogens (tertiary/aromatic N) is 1. The second-order valence-electron chi connectivity index (χ2n) is 4.44. The molecule has 8 heteroatoms. The first-order valence-corrected chi connectivity index (χ1v) is 6.64. The summed E-state index contributed by atoms with van der Waals surface area (Å²) < 4.78 is 0. The Bertz CT molecular complexity index is 538. The number of rotatable bonds is 6. The van der Waals surface area contributed by atoms with Crippen molar-refractivity contribution in [1.82, 2.24) is 15.2 Å². The maximum atomic E-state index is 12.1. The minimum atomic E-state index is -1.16. The average molecular weight is 296 g/mol. The normalized spacial score (nSPS) is 10.0. The lowest BCUT2D eigenvalue weighted by molar-refractivity contribution is -0.121. The molecule has 3 amide bonds. The first-order chi connectivity index (χ1) is 9.88. The lowest BCUT2D eigenvalue weighted by Gasteiger charge is -2.20. The second kappa shape index (κ2) is 7.32. The molecule has 1 heterocycles. The fourth-order valence-electron chi connectivity index (χ4n) is 1.80. The van der Waals surface area contributed by atoms with E-state index in [0.717, 1.165) is 0 Å². The van der Waals surface area contributed by atoms with Crippen LogP contribution < -0.4 is 10.6 Å². The van der Waals surface area contributed by atoms with Crippen LogP contribution in [-0.2, 0) is 4.79 Å². The molecule has 8 nitrogen and oxygen atoms in total. The van der Waals surface area contributed by atoms with Crippen molar-refractivity contribution in [3.05, 3.63) is 17.5 Å². The predicted molar refractivity (Wildman–Crippen MR) is 77.4 cm³/mol. The van der Waals surface area contributed by atoms with Gasteiger partial charge in [0.1, 0.15) is 12.2 Å². The van der Waals surface area contributed by atoms with Gasteiger partial charge in [-0.1, -0.05) is 0 Å². The largest absolute Gasteiger partial charge is 0.477 e. The van der Waals surface area contributed by atoms with Gasteiger partial charge < -0.3 is 25.6 Å². The highest BCUT2D eigenvalue weighted by Gasteiger charge is 2.19. The Hall–Kier alpha value is -2.51. The summed E-state index contributed by atoms with van der Waals surface area (Å²) in [5.41, 5.74) is 0.712.